The first-order chi connectivity index (χ1) is 19.7. The Balaban J connectivity index is 1.47. The summed E-state index contributed by atoms with van der Waals surface area (Å²) in [6.45, 7) is 5.05. The highest BCUT2D eigenvalue weighted by molar-refractivity contribution is 6.31. The van der Waals surface area contributed by atoms with Crippen LogP contribution in [-0.2, 0) is 32.1 Å². The molecule has 41 heavy (non-hydrogen) atoms. The number of likely N-dealkylation sites (tertiary alicyclic amines) is 1. The minimum absolute atomic E-state index is 0.0244. The molecule has 0 bridgehead atoms. The Morgan fingerprint density at radius 3 is 2.41 bits per heavy atom. The first kappa shape index (κ1) is 30.5. The summed E-state index contributed by atoms with van der Waals surface area (Å²) in [7, 11) is 0. The molecular formula is C31H40ClN5O4. The molecule has 2 heterocycles. The molecule has 3 atom stereocenters. The van der Waals surface area contributed by atoms with E-state index in [-0.39, 0.29) is 50.2 Å². The highest BCUT2D eigenvalue weighted by Crippen LogP contribution is 2.26. The van der Waals surface area contributed by atoms with Gasteiger partial charge in [-0.3, -0.25) is 19.2 Å². The van der Waals surface area contributed by atoms with Gasteiger partial charge in [-0.1, -0.05) is 35.9 Å². The molecule has 2 aromatic rings. The lowest BCUT2D eigenvalue weighted by Crippen LogP contribution is -2.56. The molecule has 0 aromatic heterocycles. The summed E-state index contributed by atoms with van der Waals surface area (Å²) in [4.78, 5) is 56.6. The van der Waals surface area contributed by atoms with Crippen LogP contribution in [0.2, 0.25) is 5.02 Å². The van der Waals surface area contributed by atoms with Crippen LogP contribution < -0.4 is 16.4 Å². The van der Waals surface area contributed by atoms with E-state index in [1.165, 1.54) is 0 Å². The number of aryl methyl sites for hydroxylation is 1. The number of nitrogens with two attached hydrogens (primary N) is 1. The lowest BCUT2D eigenvalue weighted by Gasteiger charge is -2.37. The molecule has 2 aromatic carbocycles. The van der Waals surface area contributed by atoms with Crippen molar-refractivity contribution in [1.29, 1.82) is 0 Å². The Morgan fingerprint density at radius 1 is 1.02 bits per heavy atom. The van der Waals surface area contributed by atoms with Gasteiger partial charge in [0.25, 0.3) is 0 Å². The van der Waals surface area contributed by atoms with Gasteiger partial charge in [0.1, 0.15) is 12.1 Å². The number of rotatable bonds is 9. The fraction of sp³-hybridized carbons (Fsp3) is 0.484. The number of piperidine rings is 1. The summed E-state index contributed by atoms with van der Waals surface area (Å²) in [5.74, 6) is -1.11. The topological polar surface area (TPSA) is 125 Å². The van der Waals surface area contributed by atoms with Crippen LogP contribution in [0.5, 0.6) is 0 Å². The minimum atomic E-state index is -0.889. The second kappa shape index (κ2) is 14.0. The third-order valence-electron chi connectivity index (χ3n) is 8.06. The van der Waals surface area contributed by atoms with Gasteiger partial charge < -0.3 is 26.2 Å². The summed E-state index contributed by atoms with van der Waals surface area (Å²) in [6.07, 6.45) is 3.73. The zero-order valence-electron chi connectivity index (χ0n) is 23.8. The van der Waals surface area contributed by atoms with E-state index in [1.807, 2.05) is 43.0 Å². The summed E-state index contributed by atoms with van der Waals surface area (Å²) < 4.78 is 0. The summed E-state index contributed by atoms with van der Waals surface area (Å²) >= 11 is 6.11. The van der Waals surface area contributed by atoms with Crippen molar-refractivity contribution in [3.63, 3.8) is 0 Å². The van der Waals surface area contributed by atoms with Crippen molar-refractivity contribution in [2.75, 3.05) is 18.4 Å². The van der Waals surface area contributed by atoms with Crippen molar-refractivity contribution in [2.45, 2.75) is 83.5 Å². The molecule has 4 rings (SSSR count). The first-order valence-corrected chi connectivity index (χ1v) is 14.8. The molecule has 10 heteroatoms. The fourth-order valence-corrected chi connectivity index (χ4v) is 5.76. The van der Waals surface area contributed by atoms with Gasteiger partial charge in [0.2, 0.25) is 23.6 Å². The van der Waals surface area contributed by atoms with Crippen LogP contribution in [0, 0.1) is 6.92 Å². The van der Waals surface area contributed by atoms with E-state index >= 15 is 0 Å². The van der Waals surface area contributed by atoms with Crippen LogP contribution >= 0.6 is 11.6 Å². The molecule has 9 nitrogen and oxygen atoms in total. The fourth-order valence-electron chi connectivity index (χ4n) is 5.64. The standard InChI is InChI=1S/C31H40ClN5O4/c1-20-17-24(10-11-25(20)32)34-30(40)26(14-15-33)35-31(41)27-18-22-8-3-4-9-23(22)19-37(27)29(39)13-12-28(38)36-16-6-5-7-21(36)2/h3-4,8-11,17,21,26-27H,5-7,12-16,18-19,33H2,1-2H3,(H,34,40)(H,35,41)/t21-,26+,27+/m1/s1. The normalized spacial score (nSPS) is 19.2. The number of carbonyl (C=O) groups is 4. The molecule has 2 aliphatic rings. The zero-order valence-corrected chi connectivity index (χ0v) is 24.6. The van der Waals surface area contributed by atoms with Crippen LogP contribution in [0.25, 0.3) is 0 Å². The van der Waals surface area contributed by atoms with Crippen molar-refractivity contribution in [1.82, 2.24) is 15.1 Å². The molecular weight excluding hydrogens is 542 g/mol. The molecule has 1 fully saturated rings. The van der Waals surface area contributed by atoms with Gasteiger partial charge in [0, 0.05) is 49.1 Å². The SMILES string of the molecule is Cc1cc(NC(=O)[C@H](CCN)NC(=O)[C@@H]2Cc3ccccc3CN2C(=O)CCC(=O)N2CCCC[C@H]2C)ccc1Cl. The molecule has 0 spiro atoms. The Hall–Kier alpha value is -3.43. The molecule has 220 valence electrons. The summed E-state index contributed by atoms with van der Waals surface area (Å²) in [5.41, 5.74) is 9.11. The summed E-state index contributed by atoms with van der Waals surface area (Å²) in [6, 6.07) is 11.3. The van der Waals surface area contributed by atoms with Crippen molar-refractivity contribution < 1.29 is 19.2 Å². The van der Waals surface area contributed by atoms with Crippen molar-refractivity contribution >= 4 is 40.9 Å². The molecule has 4 N–H and O–H groups in total. The van der Waals surface area contributed by atoms with Crippen LogP contribution in [0.3, 0.4) is 0 Å². The van der Waals surface area contributed by atoms with E-state index in [2.05, 4.69) is 10.6 Å². The lowest BCUT2D eigenvalue weighted by atomic mass is 9.92. The third-order valence-corrected chi connectivity index (χ3v) is 8.49. The van der Waals surface area contributed by atoms with Gasteiger partial charge in [0.05, 0.1) is 0 Å². The van der Waals surface area contributed by atoms with E-state index in [9.17, 15) is 19.2 Å². The van der Waals surface area contributed by atoms with Crippen molar-refractivity contribution in [2.24, 2.45) is 5.73 Å². The molecule has 0 aliphatic carbocycles. The zero-order chi connectivity index (χ0) is 29.5. The van der Waals surface area contributed by atoms with E-state index in [0.29, 0.717) is 17.1 Å². The molecule has 0 saturated carbocycles. The molecule has 0 radical (unpaired) electrons. The smallest absolute Gasteiger partial charge is 0.246 e. The van der Waals surface area contributed by atoms with E-state index < -0.39 is 23.9 Å². The second-order valence-corrected chi connectivity index (χ2v) is 11.4. The number of amides is 4. The first-order valence-electron chi connectivity index (χ1n) is 14.4. The van der Waals surface area contributed by atoms with Crippen molar-refractivity contribution in [3.8, 4) is 0 Å². The minimum Gasteiger partial charge on any atom is -0.342 e. The number of hydrogen-bond donors (Lipinski definition) is 3. The average Bonchev–Trinajstić information content (AvgIpc) is 2.96. The number of halogens is 1. The van der Waals surface area contributed by atoms with Crippen LogP contribution in [0.1, 0.15) is 62.1 Å². The number of benzene rings is 2. The maximum Gasteiger partial charge on any atom is 0.246 e. The Morgan fingerprint density at radius 2 is 1.73 bits per heavy atom. The monoisotopic (exact) mass is 581 g/mol. The maximum absolute atomic E-state index is 13.7. The summed E-state index contributed by atoms with van der Waals surface area (Å²) in [5, 5.41) is 6.26. The Bertz CT molecular complexity index is 1280. The predicted molar refractivity (Wildman–Crippen MR) is 159 cm³/mol. The van der Waals surface area contributed by atoms with Gasteiger partial charge >= 0.3 is 0 Å². The highest BCUT2D eigenvalue weighted by atomic mass is 35.5. The van der Waals surface area contributed by atoms with Gasteiger partial charge in [-0.25, -0.2) is 0 Å². The Kier molecular flexibility index (Phi) is 10.4. The molecule has 0 unspecified atom stereocenters. The number of carbonyl (C=O) groups excluding carboxylic acids is 4. The number of hydrogen-bond acceptors (Lipinski definition) is 5. The lowest BCUT2D eigenvalue weighted by molar-refractivity contribution is -0.144. The molecule has 4 amide bonds. The van der Waals surface area contributed by atoms with Gasteiger partial charge in [-0.2, -0.15) is 0 Å². The van der Waals surface area contributed by atoms with Crippen molar-refractivity contribution in [3.05, 3.63) is 64.2 Å². The predicted octanol–water partition coefficient (Wildman–Crippen LogP) is 3.56. The largest absolute Gasteiger partial charge is 0.342 e. The number of anilines is 1. The number of nitrogens with zero attached hydrogens (tertiary/aromatic N) is 2. The highest BCUT2D eigenvalue weighted by Gasteiger charge is 2.36. The van der Waals surface area contributed by atoms with Crippen LogP contribution in [0.4, 0.5) is 5.69 Å². The van der Waals surface area contributed by atoms with E-state index in [4.69, 9.17) is 17.3 Å². The van der Waals surface area contributed by atoms with Gasteiger partial charge in [-0.15, -0.1) is 0 Å². The Labute approximate surface area is 246 Å². The van der Waals surface area contributed by atoms with E-state index in [1.54, 1.807) is 23.1 Å². The second-order valence-electron chi connectivity index (χ2n) is 11.0. The maximum atomic E-state index is 13.7. The van der Waals surface area contributed by atoms with E-state index in [0.717, 1.165) is 42.5 Å². The third kappa shape index (κ3) is 7.65. The van der Waals surface area contributed by atoms with Crippen LogP contribution in [0.15, 0.2) is 42.5 Å². The molecule has 1 saturated heterocycles. The van der Waals surface area contributed by atoms with Gasteiger partial charge in [0.15, 0.2) is 0 Å². The van der Waals surface area contributed by atoms with Gasteiger partial charge in [-0.05, 0) is 81.0 Å². The number of nitrogens with one attached hydrogen (secondary N) is 2. The average molecular weight is 582 g/mol. The quantitative estimate of drug-likeness (QED) is 0.418. The number of fused-ring (bicyclic) bond motifs is 1. The van der Waals surface area contributed by atoms with Crippen LogP contribution in [-0.4, -0.2) is 64.6 Å². The molecule has 2 aliphatic heterocycles.